The van der Waals surface area contributed by atoms with E-state index >= 15 is 0 Å². The Hall–Kier alpha value is -0.860. The van der Waals surface area contributed by atoms with Gasteiger partial charge in [-0.15, -0.1) is 0 Å². The third-order valence-electron chi connectivity index (χ3n) is 4.79. The molecule has 0 aliphatic carbocycles. The van der Waals surface area contributed by atoms with Crippen molar-refractivity contribution in [3.63, 3.8) is 0 Å². The molecule has 0 aromatic rings. The minimum absolute atomic E-state index is 0.126. The highest BCUT2D eigenvalue weighted by atomic mass is 16.1. The molecule has 0 bridgehead atoms. The van der Waals surface area contributed by atoms with Gasteiger partial charge in [0, 0.05) is 19.4 Å². The van der Waals surface area contributed by atoms with Gasteiger partial charge in [0.15, 0.2) is 6.29 Å². The molecule has 0 aliphatic heterocycles. The largest absolute Gasteiger partial charge is 0.356 e. The Morgan fingerprint density at radius 2 is 1.12 bits per heavy atom. The zero-order valence-electron chi connectivity index (χ0n) is 16.8. The van der Waals surface area contributed by atoms with E-state index in [2.05, 4.69) is 12.2 Å². The molecule has 1 radical (unpaired) electrons. The van der Waals surface area contributed by atoms with Crippen molar-refractivity contribution in [1.29, 1.82) is 0 Å². The summed E-state index contributed by atoms with van der Waals surface area (Å²) in [6, 6.07) is 0. The summed E-state index contributed by atoms with van der Waals surface area (Å²) in [4.78, 5) is 21.6. The molecule has 0 unspecified atom stereocenters. The van der Waals surface area contributed by atoms with Crippen molar-refractivity contribution in [3.05, 3.63) is 0 Å². The number of nitrogens with one attached hydrogen (secondary N) is 1. The SMILES string of the molecule is CCCCCCCCCCCCCCCCCC(=O)NCCC[C]=O. The average Bonchev–Trinajstić information content (AvgIpc) is 2.62. The first-order chi connectivity index (χ1) is 12.3. The van der Waals surface area contributed by atoms with Crippen molar-refractivity contribution in [2.24, 2.45) is 0 Å². The van der Waals surface area contributed by atoms with Gasteiger partial charge in [-0.25, -0.2) is 0 Å². The Labute approximate surface area is 156 Å². The minimum atomic E-state index is 0.126. The van der Waals surface area contributed by atoms with Crippen LogP contribution in [0.5, 0.6) is 0 Å². The van der Waals surface area contributed by atoms with Crippen LogP contribution in [-0.4, -0.2) is 18.7 Å². The zero-order valence-corrected chi connectivity index (χ0v) is 16.8. The second-order valence-corrected chi connectivity index (χ2v) is 7.30. The highest BCUT2D eigenvalue weighted by Gasteiger charge is 2.00. The van der Waals surface area contributed by atoms with Crippen molar-refractivity contribution in [2.75, 3.05) is 6.54 Å². The van der Waals surface area contributed by atoms with E-state index in [1.807, 2.05) is 6.29 Å². The van der Waals surface area contributed by atoms with Crippen LogP contribution in [0.1, 0.15) is 122 Å². The molecule has 3 heteroatoms. The van der Waals surface area contributed by atoms with Gasteiger partial charge in [0.05, 0.1) is 0 Å². The van der Waals surface area contributed by atoms with Gasteiger partial charge in [-0.1, -0.05) is 96.8 Å². The number of unbranched alkanes of at least 4 members (excludes halogenated alkanes) is 15. The van der Waals surface area contributed by atoms with Gasteiger partial charge < -0.3 is 5.32 Å². The summed E-state index contributed by atoms with van der Waals surface area (Å²) in [6.07, 6.45) is 23.7. The van der Waals surface area contributed by atoms with Crippen molar-refractivity contribution in [2.45, 2.75) is 122 Å². The van der Waals surface area contributed by atoms with E-state index < -0.39 is 0 Å². The van der Waals surface area contributed by atoms with E-state index in [0.717, 1.165) is 12.8 Å². The molecule has 0 saturated carbocycles. The molecule has 1 amide bonds. The van der Waals surface area contributed by atoms with Crippen LogP contribution < -0.4 is 5.32 Å². The average molecular weight is 353 g/mol. The Kier molecular flexibility index (Phi) is 20.5. The fourth-order valence-electron chi connectivity index (χ4n) is 3.13. The molecule has 0 atom stereocenters. The van der Waals surface area contributed by atoms with Crippen molar-refractivity contribution in [1.82, 2.24) is 5.32 Å². The predicted octanol–water partition coefficient (Wildman–Crippen LogP) is 6.25. The smallest absolute Gasteiger partial charge is 0.219 e. The monoisotopic (exact) mass is 352 g/mol. The molecule has 0 spiro atoms. The number of rotatable bonds is 20. The lowest BCUT2D eigenvalue weighted by atomic mass is 10.0. The quantitative estimate of drug-likeness (QED) is 0.263. The predicted molar refractivity (Wildman–Crippen MR) is 107 cm³/mol. The van der Waals surface area contributed by atoms with Gasteiger partial charge in [-0.05, 0) is 12.8 Å². The first-order valence-corrected chi connectivity index (χ1v) is 10.9. The van der Waals surface area contributed by atoms with Crippen molar-refractivity contribution < 1.29 is 9.59 Å². The van der Waals surface area contributed by atoms with E-state index in [-0.39, 0.29) is 5.91 Å². The zero-order chi connectivity index (χ0) is 18.4. The van der Waals surface area contributed by atoms with Crippen molar-refractivity contribution in [3.8, 4) is 0 Å². The summed E-state index contributed by atoms with van der Waals surface area (Å²) in [5, 5.41) is 2.85. The number of carbonyl (C=O) groups excluding carboxylic acids is 2. The fraction of sp³-hybridized carbons (Fsp3) is 0.909. The Morgan fingerprint density at radius 1 is 0.680 bits per heavy atom. The standard InChI is InChI=1S/C22H42NO2/c1-2-3-4-5-6-7-8-9-10-11-12-13-14-15-16-19-22(25)23-20-17-18-21-24/h2-20H2,1H3,(H,23,25). The molecule has 0 rings (SSSR count). The summed E-state index contributed by atoms with van der Waals surface area (Å²) in [7, 11) is 0. The molecule has 25 heavy (non-hydrogen) atoms. The molecule has 0 aromatic carbocycles. The lowest BCUT2D eigenvalue weighted by Gasteiger charge is -2.04. The summed E-state index contributed by atoms with van der Waals surface area (Å²) in [5.74, 6) is 0.126. The first-order valence-electron chi connectivity index (χ1n) is 10.9. The summed E-state index contributed by atoms with van der Waals surface area (Å²) in [6.45, 7) is 2.88. The minimum Gasteiger partial charge on any atom is -0.356 e. The van der Waals surface area contributed by atoms with Crippen molar-refractivity contribution >= 4 is 12.2 Å². The molecular formula is C22H42NO2. The number of amides is 1. The number of hydrogen-bond acceptors (Lipinski definition) is 2. The summed E-state index contributed by atoms with van der Waals surface area (Å²) >= 11 is 0. The molecule has 147 valence electrons. The molecule has 0 saturated heterocycles. The Morgan fingerprint density at radius 3 is 1.56 bits per heavy atom. The van der Waals surface area contributed by atoms with Gasteiger partial charge >= 0.3 is 0 Å². The van der Waals surface area contributed by atoms with E-state index in [1.54, 1.807) is 0 Å². The van der Waals surface area contributed by atoms with Crippen LogP contribution in [0.3, 0.4) is 0 Å². The molecule has 0 aromatic heterocycles. The number of hydrogen-bond donors (Lipinski definition) is 1. The van der Waals surface area contributed by atoms with Gasteiger partial charge in [0.1, 0.15) is 0 Å². The van der Waals surface area contributed by atoms with Gasteiger partial charge in [0.25, 0.3) is 0 Å². The second-order valence-electron chi connectivity index (χ2n) is 7.30. The summed E-state index contributed by atoms with van der Waals surface area (Å²) in [5.41, 5.74) is 0. The lowest BCUT2D eigenvalue weighted by Crippen LogP contribution is -2.24. The highest BCUT2D eigenvalue weighted by Crippen LogP contribution is 2.13. The maximum Gasteiger partial charge on any atom is 0.219 e. The molecule has 0 aliphatic rings. The molecule has 3 nitrogen and oxygen atoms in total. The molecule has 0 fully saturated rings. The van der Waals surface area contributed by atoms with Crippen LogP contribution in [0.4, 0.5) is 0 Å². The second kappa shape index (κ2) is 21.2. The molecular weight excluding hydrogens is 310 g/mol. The summed E-state index contributed by atoms with van der Waals surface area (Å²) < 4.78 is 0. The Bertz CT molecular complexity index is 292. The van der Waals surface area contributed by atoms with Crippen LogP contribution in [0.2, 0.25) is 0 Å². The van der Waals surface area contributed by atoms with Crippen LogP contribution in [0.25, 0.3) is 0 Å². The third-order valence-corrected chi connectivity index (χ3v) is 4.79. The van der Waals surface area contributed by atoms with Crippen LogP contribution in [0, 0.1) is 0 Å². The maximum absolute atomic E-state index is 11.5. The van der Waals surface area contributed by atoms with E-state index in [0.29, 0.717) is 25.8 Å². The highest BCUT2D eigenvalue weighted by molar-refractivity contribution is 5.75. The van der Waals surface area contributed by atoms with Gasteiger partial charge in [-0.2, -0.15) is 0 Å². The van der Waals surface area contributed by atoms with Crippen LogP contribution in [0.15, 0.2) is 0 Å². The van der Waals surface area contributed by atoms with Crippen LogP contribution in [-0.2, 0) is 9.59 Å². The van der Waals surface area contributed by atoms with E-state index in [4.69, 9.17) is 0 Å². The maximum atomic E-state index is 11.5. The fourth-order valence-corrected chi connectivity index (χ4v) is 3.13. The lowest BCUT2D eigenvalue weighted by molar-refractivity contribution is -0.121. The molecule has 0 heterocycles. The van der Waals surface area contributed by atoms with Gasteiger partial charge in [-0.3, -0.25) is 9.59 Å². The van der Waals surface area contributed by atoms with Crippen LogP contribution >= 0.6 is 0 Å². The number of carbonyl (C=O) groups is 1. The van der Waals surface area contributed by atoms with E-state index in [1.165, 1.54) is 83.5 Å². The normalized spacial score (nSPS) is 10.8. The third kappa shape index (κ3) is 21.1. The van der Waals surface area contributed by atoms with E-state index in [9.17, 15) is 9.59 Å². The van der Waals surface area contributed by atoms with Gasteiger partial charge in [0.2, 0.25) is 5.91 Å². The molecule has 1 N–H and O–H groups in total. The first kappa shape index (κ1) is 24.1. The topological polar surface area (TPSA) is 46.2 Å². The Balaban J connectivity index is 3.09.